The van der Waals surface area contributed by atoms with Gasteiger partial charge in [0.05, 0.1) is 13.2 Å². The zero-order valence-corrected chi connectivity index (χ0v) is 33.0. The Labute approximate surface area is 352 Å². The van der Waals surface area contributed by atoms with Gasteiger partial charge in [-0.15, -0.1) is 26.3 Å². The minimum Gasteiger partial charge on any atom is -0.491 e. The second-order valence-electron chi connectivity index (χ2n) is 14.6. The van der Waals surface area contributed by atoms with E-state index in [-0.39, 0.29) is 67.2 Å². The van der Waals surface area contributed by atoms with Crippen LogP contribution in [-0.2, 0) is 23.4 Å². The summed E-state index contributed by atoms with van der Waals surface area (Å²) in [5.74, 6) is -0.0119. The Balaban J connectivity index is 0.000000206. The van der Waals surface area contributed by atoms with E-state index < -0.39 is 28.1 Å². The number of rotatable bonds is 13. The number of nitrogens with zero attached hydrogens (tertiary/aromatic N) is 7. The fourth-order valence-corrected chi connectivity index (χ4v) is 6.73. The third kappa shape index (κ3) is 11.7. The summed E-state index contributed by atoms with van der Waals surface area (Å²) in [4.78, 5) is 30.3. The van der Waals surface area contributed by atoms with Gasteiger partial charge in [0.1, 0.15) is 73.0 Å². The Morgan fingerprint density at radius 3 is 1.90 bits per heavy atom. The van der Waals surface area contributed by atoms with Crippen molar-refractivity contribution in [2.75, 3.05) is 37.8 Å². The third-order valence-electron chi connectivity index (χ3n) is 9.85. The van der Waals surface area contributed by atoms with Gasteiger partial charge < -0.3 is 58.3 Å². The molecule has 24 heteroatoms. The van der Waals surface area contributed by atoms with E-state index in [1.165, 1.54) is 65.5 Å². The van der Waals surface area contributed by atoms with E-state index in [4.69, 9.17) is 23.7 Å². The first-order valence-electron chi connectivity index (χ1n) is 19.1. The van der Waals surface area contributed by atoms with Crippen LogP contribution in [0.5, 0.6) is 35.0 Å². The number of halogens is 6. The number of aromatic nitrogens is 4. The lowest BCUT2D eigenvalue weighted by molar-refractivity contribution is -0.389. The van der Waals surface area contributed by atoms with E-state index in [2.05, 4.69) is 24.3 Å². The summed E-state index contributed by atoms with van der Waals surface area (Å²) in [5.41, 5.74) is 1.06. The van der Waals surface area contributed by atoms with Crippen molar-refractivity contribution in [3.05, 3.63) is 111 Å². The summed E-state index contributed by atoms with van der Waals surface area (Å²) in [5, 5.41) is 21.7. The summed E-state index contributed by atoms with van der Waals surface area (Å²) in [6.07, 6.45) is -5.73. The van der Waals surface area contributed by atoms with Crippen molar-refractivity contribution < 1.29 is 69.3 Å². The molecule has 3 aromatic carbocycles. The SMILES string of the molecule is C[C@@]1(COc2ccc(N3CCC(Oc4ccc(OC(F)(F)F)cc4)CC3)cc2)COc2nc([N+](=O)[O-])cn21.O=[N+]([O-])c1cn2c(n1)OC[C@@H](OCc1ccc(OC(F)(F)F)cc1)C2. The van der Waals surface area contributed by atoms with Crippen molar-refractivity contribution in [1.29, 1.82) is 0 Å². The minimum absolute atomic E-state index is 0.0403. The van der Waals surface area contributed by atoms with Crippen molar-refractivity contribution in [3.8, 4) is 35.0 Å². The maximum absolute atomic E-state index is 12.3. The summed E-state index contributed by atoms with van der Waals surface area (Å²) >= 11 is 0. The van der Waals surface area contributed by atoms with Crippen LogP contribution in [0.15, 0.2) is 85.2 Å². The number of nitro groups is 2. The first kappa shape index (κ1) is 44.1. The van der Waals surface area contributed by atoms with E-state index in [1.54, 1.807) is 4.57 Å². The smallest absolute Gasteiger partial charge is 0.491 e. The Morgan fingerprint density at radius 1 is 0.746 bits per heavy atom. The zero-order chi connectivity index (χ0) is 44.9. The molecule has 3 aliphatic heterocycles. The summed E-state index contributed by atoms with van der Waals surface area (Å²) in [6.45, 7) is 4.60. The molecule has 0 amide bonds. The van der Waals surface area contributed by atoms with Crippen molar-refractivity contribution in [1.82, 2.24) is 19.1 Å². The van der Waals surface area contributed by atoms with Gasteiger partial charge in [0, 0.05) is 41.6 Å². The lowest BCUT2D eigenvalue weighted by atomic mass is 10.1. The van der Waals surface area contributed by atoms with E-state index in [0.29, 0.717) is 30.2 Å². The highest BCUT2D eigenvalue weighted by atomic mass is 19.4. The van der Waals surface area contributed by atoms with Crippen LogP contribution in [0.4, 0.5) is 43.7 Å². The highest BCUT2D eigenvalue weighted by Gasteiger charge is 2.42. The topological polar surface area (TPSA) is 190 Å². The van der Waals surface area contributed by atoms with Gasteiger partial charge >= 0.3 is 36.4 Å². The summed E-state index contributed by atoms with van der Waals surface area (Å²) in [7, 11) is 0. The van der Waals surface area contributed by atoms with Crippen molar-refractivity contribution in [2.45, 2.75) is 63.4 Å². The largest absolute Gasteiger partial charge is 0.573 e. The Hall–Kier alpha value is -6.98. The maximum Gasteiger partial charge on any atom is 0.573 e. The van der Waals surface area contributed by atoms with Crippen LogP contribution < -0.4 is 33.3 Å². The van der Waals surface area contributed by atoms with Crippen molar-refractivity contribution in [3.63, 3.8) is 0 Å². The van der Waals surface area contributed by atoms with E-state index in [1.807, 2.05) is 31.2 Å². The van der Waals surface area contributed by atoms with Crippen LogP contribution in [-0.4, -0.2) is 86.8 Å². The second-order valence-corrected chi connectivity index (χ2v) is 14.6. The molecule has 5 aromatic rings. The number of imidazole rings is 2. The molecule has 1 fully saturated rings. The molecule has 0 unspecified atom stereocenters. The molecule has 0 radical (unpaired) electrons. The van der Waals surface area contributed by atoms with Crippen LogP contribution in [0.25, 0.3) is 0 Å². The number of piperidine rings is 1. The fourth-order valence-electron chi connectivity index (χ4n) is 6.73. The predicted molar refractivity (Wildman–Crippen MR) is 205 cm³/mol. The average molecular weight is 894 g/mol. The van der Waals surface area contributed by atoms with Crippen LogP contribution in [0, 0.1) is 20.2 Å². The average Bonchev–Trinajstić information content (AvgIpc) is 3.96. The van der Waals surface area contributed by atoms with Gasteiger partial charge in [0.2, 0.25) is 0 Å². The van der Waals surface area contributed by atoms with Gasteiger partial charge in [-0.3, -0.25) is 9.13 Å². The van der Waals surface area contributed by atoms with E-state index in [9.17, 15) is 46.6 Å². The van der Waals surface area contributed by atoms with E-state index >= 15 is 0 Å². The molecular weight excluding hydrogens is 856 g/mol. The van der Waals surface area contributed by atoms with Crippen LogP contribution >= 0.6 is 0 Å². The highest BCUT2D eigenvalue weighted by molar-refractivity contribution is 5.49. The molecule has 336 valence electrons. The number of anilines is 1. The molecule has 3 aliphatic rings. The quantitative estimate of drug-likeness (QED) is 0.0638. The van der Waals surface area contributed by atoms with E-state index in [0.717, 1.165) is 31.6 Å². The number of hydrogen-bond donors (Lipinski definition) is 0. The molecule has 2 atom stereocenters. The minimum atomic E-state index is -4.73. The molecule has 63 heavy (non-hydrogen) atoms. The maximum atomic E-state index is 12.3. The van der Waals surface area contributed by atoms with Crippen molar-refractivity contribution in [2.24, 2.45) is 0 Å². The first-order chi connectivity index (χ1) is 29.9. The fraction of sp³-hybridized carbons (Fsp3) is 0.385. The number of alkyl halides is 6. The van der Waals surface area contributed by atoms with Gasteiger partial charge in [0.25, 0.3) is 0 Å². The molecule has 2 aromatic heterocycles. The van der Waals surface area contributed by atoms with Gasteiger partial charge in [-0.1, -0.05) is 12.1 Å². The highest BCUT2D eigenvalue weighted by Crippen LogP contribution is 2.34. The first-order valence-corrected chi connectivity index (χ1v) is 19.1. The van der Waals surface area contributed by atoms with Gasteiger partial charge in [-0.2, -0.15) is 0 Å². The van der Waals surface area contributed by atoms with Gasteiger partial charge in [0.15, 0.2) is 0 Å². The second kappa shape index (κ2) is 18.2. The number of fused-ring (bicyclic) bond motifs is 2. The molecule has 5 heterocycles. The lowest BCUT2D eigenvalue weighted by Gasteiger charge is -2.34. The molecule has 1 saturated heterocycles. The molecule has 18 nitrogen and oxygen atoms in total. The predicted octanol–water partition coefficient (Wildman–Crippen LogP) is 7.59. The van der Waals surface area contributed by atoms with Gasteiger partial charge in [-0.25, -0.2) is 0 Å². The summed E-state index contributed by atoms with van der Waals surface area (Å²) in [6, 6.07) is 18.8. The zero-order valence-electron chi connectivity index (χ0n) is 33.0. The molecule has 0 aliphatic carbocycles. The Morgan fingerprint density at radius 2 is 1.30 bits per heavy atom. The molecule has 8 rings (SSSR count). The lowest BCUT2D eigenvalue weighted by Crippen LogP contribution is -2.38. The third-order valence-corrected chi connectivity index (χ3v) is 9.85. The monoisotopic (exact) mass is 893 g/mol. The van der Waals surface area contributed by atoms with Crippen molar-refractivity contribution >= 4 is 17.3 Å². The standard InChI is InChI=1S/C25H25F3N4O6.C14H12F3N3O5/c1-24(16-36-23-29-22(32(33)34)14-31(23)24)15-35-18-4-2-17(3-5-18)30-12-10-20(11-13-30)37-19-6-8-21(9-7-19)38-25(26,27)28;15-14(16,17)25-10-3-1-9(2-4-10)7-23-11-5-19-6-12(20(21)22)18-13(19)24-8-11/h2-9,14,20H,10-13,15-16H2,1H3;1-4,6,11H,5,7-8H2/t24-;11-/m10/s1. The molecule has 0 bridgehead atoms. The van der Waals surface area contributed by atoms with Crippen LogP contribution in [0.1, 0.15) is 25.3 Å². The Bertz CT molecular complexity index is 2350. The molecular formula is C39H37F6N7O11. The van der Waals surface area contributed by atoms with Gasteiger partial charge in [-0.05, 0) is 83.0 Å². The normalized spacial score (nSPS) is 18.5. The molecule has 0 spiro atoms. The number of ether oxygens (including phenoxy) is 7. The molecule has 0 N–H and O–H groups in total. The number of benzene rings is 3. The summed E-state index contributed by atoms with van der Waals surface area (Å²) < 4.78 is 112. The molecule has 0 saturated carbocycles. The van der Waals surface area contributed by atoms with Crippen LogP contribution in [0.2, 0.25) is 0 Å². The Kier molecular flexibility index (Phi) is 12.7. The number of hydrogen-bond acceptors (Lipinski definition) is 14. The van der Waals surface area contributed by atoms with Crippen LogP contribution in [0.3, 0.4) is 0 Å².